The van der Waals surface area contributed by atoms with Crippen LogP contribution in [0, 0.1) is 5.92 Å². The van der Waals surface area contributed by atoms with Crippen molar-refractivity contribution in [2.45, 2.75) is 26.2 Å². The third-order valence-electron chi connectivity index (χ3n) is 1.89. The molecule has 0 amide bonds. The van der Waals surface area contributed by atoms with Crippen molar-refractivity contribution in [2.24, 2.45) is 5.92 Å². The van der Waals surface area contributed by atoms with E-state index < -0.39 is 0 Å². The molecule has 1 nitrogen and oxygen atoms in total. The highest BCUT2D eigenvalue weighted by atomic mass is 32.2. The van der Waals surface area contributed by atoms with Gasteiger partial charge in [-0.3, -0.25) is 4.31 Å². The quantitative estimate of drug-likeness (QED) is 0.567. The van der Waals surface area contributed by atoms with Crippen LogP contribution in [0.25, 0.3) is 0 Å². The van der Waals surface area contributed by atoms with Crippen LogP contribution in [-0.4, -0.2) is 23.7 Å². The Bertz CT molecular complexity index is 91.3. The van der Waals surface area contributed by atoms with Crippen LogP contribution in [0.5, 0.6) is 0 Å². The van der Waals surface area contributed by atoms with Gasteiger partial charge in [-0.05, 0) is 31.4 Å². The van der Waals surface area contributed by atoms with E-state index in [1.807, 2.05) is 11.9 Å². The molecule has 0 aromatic heterocycles. The summed E-state index contributed by atoms with van der Waals surface area (Å²) in [7, 11) is 0. The van der Waals surface area contributed by atoms with Crippen LogP contribution in [0.15, 0.2) is 0 Å². The molecule has 0 aromatic rings. The van der Waals surface area contributed by atoms with Crippen LogP contribution in [0.2, 0.25) is 0 Å². The molecule has 1 fully saturated rings. The average molecular weight is 159 g/mol. The van der Waals surface area contributed by atoms with E-state index in [4.69, 9.17) is 0 Å². The molecule has 2 heteroatoms. The van der Waals surface area contributed by atoms with Crippen molar-refractivity contribution in [1.29, 1.82) is 0 Å². The Morgan fingerprint density at radius 2 is 2.20 bits per heavy atom. The van der Waals surface area contributed by atoms with Crippen LogP contribution in [0.4, 0.5) is 0 Å². The summed E-state index contributed by atoms with van der Waals surface area (Å²) in [5, 5.41) is 0. The first kappa shape index (κ1) is 8.41. The summed E-state index contributed by atoms with van der Waals surface area (Å²) < 4.78 is 2.48. The zero-order valence-corrected chi connectivity index (χ0v) is 7.78. The van der Waals surface area contributed by atoms with Crippen molar-refractivity contribution in [3.05, 3.63) is 0 Å². The summed E-state index contributed by atoms with van der Waals surface area (Å²) in [6.45, 7) is 4.84. The molecule has 0 saturated heterocycles. The Kier molecular flexibility index (Phi) is 3.57. The van der Waals surface area contributed by atoms with Gasteiger partial charge in [-0.25, -0.2) is 0 Å². The maximum Gasteiger partial charge on any atom is 0.0118 e. The van der Waals surface area contributed by atoms with Crippen LogP contribution >= 0.6 is 11.9 Å². The summed E-state index contributed by atoms with van der Waals surface area (Å²) in [4.78, 5) is 0. The lowest BCUT2D eigenvalue weighted by Crippen LogP contribution is -2.18. The topological polar surface area (TPSA) is 3.24 Å². The summed E-state index contributed by atoms with van der Waals surface area (Å²) in [6.07, 6.45) is 6.41. The third kappa shape index (κ3) is 2.93. The summed E-state index contributed by atoms with van der Waals surface area (Å²) in [6, 6.07) is 0. The first-order chi connectivity index (χ1) is 4.86. The number of hydrogen-bond donors (Lipinski definition) is 0. The third-order valence-corrected chi connectivity index (χ3v) is 2.74. The standard InChI is InChI=1S/C8H17NS/c1-3-6-9(10-2)7-8-4-5-8/h8H,3-7H2,1-2H3. The second-order valence-corrected chi connectivity index (χ2v) is 3.90. The SMILES string of the molecule is CCCN(CC1CC1)SC. The minimum Gasteiger partial charge on any atom is -0.251 e. The predicted molar refractivity (Wildman–Crippen MR) is 48.1 cm³/mol. The lowest BCUT2D eigenvalue weighted by Gasteiger charge is -2.17. The zero-order valence-electron chi connectivity index (χ0n) is 6.97. The minimum atomic E-state index is 1.04. The number of nitrogens with zero attached hydrogens (tertiary/aromatic N) is 1. The van der Waals surface area contributed by atoms with Gasteiger partial charge < -0.3 is 0 Å². The molecule has 1 saturated carbocycles. The molecule has 1 aliphatic carbocycles. The fraction of sp³-hybridized carbons (Fsp3) is 1.00. The second kappa shape index (κ2) is 4.24. The van der Waals surface area contributed by atoms with Crippen molar-refractivity contribution in [2.75, 3.05) is 19.3 Å². The molecule has 0 heterocycles. The number of rotatable bonds is 5. The first-order valence-electron chi connectivity index (χ1n) is 4.16. The second-order valence-electron chi connectivity index (χ2n) is 3.01. The molecular formula is C8H17NS. The van der Waals surface area contributed by atoms with E-state index in [-0.39, 0.29) is 0 Å². The van der Waals surface area contributed by atoms with Crippen LogP contribution < -0.4 is 0 Å². The molecule has 0 radical (unpaired) electrons. The molecule has 0 spiro atoms. The number of hydrogen-bond acceptors (Lipinski definition) is 2. The monoisotopic (exact) mass is 159 g/mol. The van der Waals surface area contributed by atoms with Crippen molar-refractivity contribution in [3.63, 3.8) is 0 Å². The molecule has 0 bridgehead atoms. The molecule has 1 rings (SSSR count). The molecule has 0 aliphatic heterocycles. The highest BCUT2D eigenvalue weighted by Gasteiger charge is 2.23. The van der Waals surface area contributed by atoms with Crippen molar-refractivity contribution >= 4 is 11.9 Å². The average Bonchev–Trinajstić information content (AvgIpc) is 2.71. The Morgan fingerprint density at radius 3 is 2.60 bits per heavy atom. The molecule has 0 unspecified atom stereocenters. The van der Waals surface area contributed by atoms with Gasteiger partial charge in [-0.1, -0.05) is 18.9 Å². The van der Waals surface area contributed by atoms with Crippen molar-refractivity contribution in [1.82, 2.24) is 4.31 Å². The fourth-order valence-corrected chi connectivity index (χ4v) is 1.82. The summed E-state index contributed by atoms with van der Waals surface area (Å²) in [5.41, 5.74) is 0. The van der Waals surface area contributed by atoms with Gasteiger partial charge >= 0.3 is 0 Å². The fourth-order valence-electron chi connectivity index (χ4n) is 1.09. The largest absolute Gasteiger partial charge is 0.251 e. The van der Waals surface area contributed by atoms with Gasteiger partial charge in [0.2, 0.25) is 0 Å². The normalized spacial score (nSPS) is 18.3. The summed E-state index contributed by atoms with van der Waals surface area (Å²) >= 11 is 1.90. The van der Waals surface area contributed by atoms with E-state index in [0.29, 0.717) is 0 Å². The van der Waals surface area contributed by atoms with E-state index in [0.717, 1.165) is 5.92 Å². The van der Waals surface area contributed by atoms with Crippen LogP contribution in [0.3, 0.4) is 0 Å². The molecule has 10 heavy (non-hydrogen) atoms. The predicted octanol–water partition coefficient (Wildman–Crippen LogP) is 2.39. The molecule has 0 aromatic carbocycles. The highest BCUT2D eigenvalue weighted by Crippen LogP contribution is 2.31. The first-order valence-corrected chi connectivity index (χ1v) is 5.34. The van der Waals surface area contributed by atoms with E-state index in [2.05, 4.69) is 17.5 Å². The maximum atomic E-state index is 2.48. The van der Waals surface area contributed by atoms with Gasteiger partial charge in [0, 0.05) is 13.1 Å². The van der Waals surface area contributed by atoms with Crippen LogP contribution in [-0.2, 0) is 0 Å². The lowest BCUT2D eigenvalue weighted by molar-refractivity contribution is 0.448. The van der Waals surface area contributed by atoms with E-state index >= 15 is 0 Å². The lowest BCUT2D eigenvalue weighted by atomic mass is 10.4. The molecule has 0 atom stereocenters. The smallest absolute Gasteiger partial charge is 0.0118 e. The minimum absolute atomic E-state index is 1.04. The Morgan fingerprint density at radius 1 is 1.50 bits per heavy atom. The molecular weight excluding hydrogens is 142 g/mol. The molecule has 0 N–H and O–H groups in total. The summed E-state index contributed by atoms with van der Waals surface area (Å²) in [5.74, 6) is 1.04. The van der Waals surface area contributed by atoms with Gasteiger partial charge in [-0.2, -0.15) is 0 Å². The van der Waals surface area contributed by atoms with Gasteiger partial charge in [0.15, 0.2) is 0 Å². The van der Waals surface area contributed by atoms with Gasteiger partial charge in [0.1, 0.15) is 0 Å². The maximum absolute atomic E-state index is 2.48. The highest BCUT2D eigenvalue weighted by molar-refractivity contribution is 7.96. The van der Waals surface area contributed by atoms with Crippen molar-refractivity contribution < 1.29 is 0 Å². The van der Waals surface area contributed by atoms with Gasteiger partial charge in [-0.15, -0.1) is 0 Å². The van der Waals surface area contributed by atoms with E-state index in [9.17, 15) is 0 Å². The molecule has 60 valence electrons. The Labute approximate surface area is 68.3 Å². The van der Waals surface area contributed by atoms with Crippen molar-refractivity contribution in [3.8, 4) is 0 Å². The van der Waals surface area contributed by atoms with Gasteiger partial charge in [0.05, 0.1) is 0 Å². The zero-order chi connectivity index (χ0) is 7.40. The van der Waals surface area contributed by atoms with Crippen LogP contribution in [0.1, 0.15) is 26.2 Å². The van der Waals surface area contributed by atoms with Gasteiger partial charge in [0.25, 0.3) is 0 Å². The van der Waals surface area contributed by atoms with E-state index in [1.54, 1.807) is 0 Å². The molecule has 1 aliphatic rings. The Hall–Kier alpha value is 0.310. The van der Waals surface area contributed by atoms with E-state index in [1.165, 1.54) is 32.4 Å². The Balaban J connectivity index is 2.05.